The summed E-state index contributed by atoms with van der Waals surface area (Å²) in [5.74, 6) is -1.55. The summed E-state index contributed by atoms with van der Waals surface area (Å²) in [5, 5.41) is 17.5. The average molecular weight is 200 g/mol. The van der Waals surface area contributed by atoms with Gasteiger partial charge in [0.1, 0.15) is 0 Å². The Morgan fingerprint density at radius 3 is 2.64 bits per heavy atom. The quantitative estimate of drug-likeness (QED) is 0.521. The fourth-order valence-electron chi connectivity index (χ4n) is 0.911. The minimum absolute atomic E-state index is 0.375. The maximum Gasteiger partial charge on any atom is 0.337 e. The van der Waals surface area contributed by atoms with Crippen molar-refractivity contribution in [3.8, 4) is 0 Å². The molecule has 0 bridgehead atoms. The van der Waals surface area contributed by atoms with Crippen molar-refractivity contribution in [1.29, 1.82) is 0 Å². The highest BCUT2D eigenvalue weighted by atomic mass is 16.4. The third-order valence-corrected chi connectivity index (χ3v) is 1.66. The molecule has 0 aliphatic heterocycles. The lowest BCUT2D eigenvalue weighted by atomic mass is 10.2. The summed E-state index contributed by atoms with van der Waals surface area (Å²) in [5.41, 5.74) is -1.95. The third kappa shape index (κ3) is 1.72. The van der Waals surface area contributed by atoms with Crippen LogP contribution in [0.3, 0.4) is 0 Å². The van der Waals surface area contributed by atoms with Crippen molar-refractivity contribution in [2.75, 3.05) is 0 Å². The van der Waals surface area contributed by atoms with Crippen LogP contribution in [-0.2, 0) is 11.8 Å². The molecule has 0 saturated carbocycles. The lowest BCUT2D eigenvalue weighted by Crippen LogP contribution is -2.32. The van der Waals surface area contributed by atoms with Gasteiger partial charge in [-0.25, -0.2) is 9.59 Å². The molecule has 0 spiro atoms. The van der Waals surface area contributed by atoms with Crippen LogP contribution in [0.5, 0.6) is 0 Å². The molecule has 1 heterocycles. The van der Waals surface area contributed by atoms with Gasteiger partial charge >= 0.3 is 11.7 Å². The summed E-state index contributed by atoms with van der Waals surface area (Å²) in [6.45, 7) is 0. The van der Waals surface area contributed by atoms with Crippen LogP contribution in [0.4, 0.5) is 0 Å². The molecule has 0 saturated heterocycles. The molecule has 1 aromatic heterocycles. The molecule has 0 radical (unpaired) electrons. The molecule has 0 aliphatic carbocycles. The normalized spacial score (nSPS) is 12.4. The van der Waals surface area contributed by atoms with Gasteiger partial charge in [-0.15, -0.1) is 0 Å². The molecule has 0 aliphatic rings. The first-order valence-corrected chi connectivity index (χ1v) is 3.64. The topological polar surface area (TPSA) is 112 Å². The summed E-state index contributed by atoms with van der Waals surface area (Å²) in [4.78, 5) is 34.1. The molecule has 7 nitrogen and oxygen atoms in total. The molecule has 1 rings (SSSR count). The minimum Gasteiger partial charge on any atom is -0.479 e. The summed E-state index contributed by atoms with van der Waals surface area (Å²) < 4.78 is 0.975. The highest BCUT2D eigenvalue weighted by Crippen LogP contribution is 2.04. The molecule has 3 N–H and O–H groups in total. The van der Waals surface area contributed by atoms with Crippen molar-refractivity contribution in [3.63, 3.8) is 0 Å². The predicted octanol–water partition coefficient (Wildman–Crippen LogP) is -1.81. The van der Waals surface area contributed by atoms with Crippen LogP contribution in [-0.4, -0.2) is 25.7 Å². The van der Waals surface area contributed by atoms with Crippen LogP contribution < -0.4 is 11.2 Å². The van der Waals surface area contributed by atoms with Crippen molar-refractivity contribution in [2.45, 2.75) is 6.10 Å². The zero-order valence-electron chi connectivity index (χ0n) is 7.22. The Bertz CT molecular complexity index is 472. The maximum atomic E-state index is 11.0. The number of H-pyrrole nitrogens is 1. The monoisotopic (exact) mass is 200 g/mol. The molecule has 1 atom stereocenters. The number of hydrogen-bond acceptors (Lipinski definition) is 4. The predicted molar refractivity (Wildman–Crippen MR) is 44.9 cm³/mol. The highest BCUT2D eigenvalue weighted by molar-refractivity contribution is 5.73. The van der Waals surface area contributed by atoms with Crippen molar-refractivity contribution < 1.29 is 15.0 Å². The van der Waals surface area contributed by atoms with Crippen LogP contribution in [0.2, 0.25) is 0 Å². The van der Waals surface area contributed by atoms with E-state index in [0.717, 1.165) is 10.8 Å². The van der Waals surface area contributed by atoms with Crippen molar-refractivity contribution >= 4 is 5.97 Å². The Kier molecular flexibility index (Phi) is 2.52. The first-order chi connectivity index (χ1) is 6.43. The summed E-state index contributed by atoms with van der Waals surface area (Å²) in [6.07, 6.45) is -0.939. The standard InChI is InChI=1S/C7H8N2O5/c1-9-2-3(4(10)6(12)13)5(11)8-7(9)14/h2,4,10H,1H3,(H,12,13)(H,8,11,14). The average Bonchev–Trinajstić information content (AvgIpc) is 2.10. The van der Waals surface area contributed by atoms with Gasteiger partial charge in [-0.1, -0.05) is 0 Å². The number of aliphatic carboxylic acids is 1. The SMILES string of the molecule is Cn1cc(C(O)C(=O)O)c(=O)[nH]c1=O. The van der Waals surface area contributed by atoms with Crippen molar-refractivity contribution in [2.24, 2.45) is 7.05 Å². The molecule has 7 heteroatoms. The van der Waals surface area contributed by atoms with E-state index in [1.807, 2.05) is 4.98 Å². The van der Waals surface area contributed by atoms with Crippen LogP contribution in [0.25, 0.3) is 0 Å². The number of carboxylic acids is 1. The van der Waals surface area contributed by atoms with E-state index in [4.69, 9.17) is 10.2 Å². The molecule has 14 heavy (non-hydrogen) atoms. The number of aliphatic hydroxyl groups is 1. The van der Waals surface area contributed by atoms with E-state index in [9.17, 15) is 14.4 Å². The lowest BCUT2D eigenvalue weighted by Gasteiger charge is -2.05. The van der Waals surface area contributed by atoms with E-state index in [-0.39, 0.29) is 5.56 Å². The number of nitrogens with one attached hydrogen (secondary N) is 1. The highest BCUT2D eigenvalue weighted by Gasteiger charge is 2.20. The zero-order valence-corrected chi connectivity index (χ0v) is 7.22. The molecule has 0 aromatic carbocycles. The Balaban J connectivity index is 3.37. The number of aliphatic hydroxyl groups excluding tert-OH is 1. The number of rotatable bonds is 2. The number of aromatic amines is 1. The summed E-state index contributed by atoms with van der Waals surface area (Å²) in [7, 11) is 1.33. The summed E-state index contributed by atoms with van der Waals surface area (Å²) in [6, 6.07) is 0. The number of aromatic nitrogens is 2. The van der Waals surface area contributed by atoms with Gasteiger partial charge in [0.2, 0.25) is 0 Å². The Hall–Kier alpha value is -1.89. The molecule has 0 fully saturated rings. The smallest absolute Gasteiger partial charge is 0.337 e. The molecule has 0 amide bonds. The van der Waals surface area contributed by atoms with Crippen LogP contribution in [0.1, 0.15) is 11.7 Å². The fourth-order valence-corrected chi connectivity index (χ4v) is 0.911. The number of carboxylic acid groups (broad SMARTS) is 1. The van der Waals surface area contributed by atoms with Gasteiger partial charge in [0.25, 0.3) is 5.56 Å². The van der Waals surface area contributed by atoms with Gasteiger partial charge in [-0.05, 0) is 0 Å². The van der Waals surface area contributed by atoms with E-state index < -0.39 is 23.3 Å². The number of carbonyl (C=O) groups is 1. The number of hydrogen-bond donors (Lipinski definition) is 3. The van der Waals surface area contributed by atoms with E-state index in [2.05, 4.69) is 0 Å². The van der Waals surface area contributed by atoms with E-state index in [1.165, 1.54) is 7.05 Å². The Labute approximate surface area is 77.2 Å². The molecule has 76 valence electrons. The summed E-state index contributed by atoms with van der Waals surface area (Å²) >= 11 is 0. The first-order valence-electron chi connectivity index (χ1n) is 3.64. The molecular formula is C7H8N2O5. The van der Waals surface area contributed by atoms with Crippen LogP contribution in [0, 0.1) is 0 Å². The van der Waals surface area contributed by atoms with Crippen LogP contribution in [0.15, 0.2) is 15.8 Å². The third-order valence-electron chi connectivity index (χ3n) is 1.66. The zero-order chi connectivity index (χ0) is 10.9. The van der Waals surface area contributed by atoms with Gasteiger partial charge in [-0.2, -0.15) is 0 Å². The Morgan fingerprint density at radius 2 is 2.14 bits per heavy atom. The maximum absolute atomic E-state index is 11.0. The number of nitrogens with zero attached hydrogens (tertiary/aromatic N) is 1. The first kappa shape index (κ1) is 10.2. The van der Waals surface area contributed by atoms with E-state index >= 15 is 0 Å². The lowest BCUT2D eigenvalue weighted by molar-refractivity contribution is -0.147. The molecular weight excluding hydrogens is 192 g/mol. The number of aryl methyl sites for hydroxylation is 1. The van der Waals surface area contributed by atoms with Crippen molar-refractivity contribution in [3.05, 3.63) is 32.6 Å². The molecule has 1 unspecified atom stereocenters. The van der Waals surface area contributed by atoms with Gasteiger partial charge in [0, 0.05) is 13.2 Å². The minimum atomic E-state index is -1.93. The van der Waals surface area contributed by atoms with Gasteiger partial charge in [0.05, 0.1) is 5.56 Å². The molecule has 1 aromatic rings. The van der Waals surface area contributed by atoms with E-state index in [0.29, 0.717) is 0 Å². The fraction of sp³-hybridized carbons (Fsp3) is 0.286. The largest absolute Gasteiger partial charge is 0.479 e. The second-order valence-corrected chi connectivity index (χ2v) is 2.70. The Morgan fingerprint density at radius 1 is 1.57 bits per heavy atom. The second-order valence-electron chi connectivity index (χ2n) is 2.70. The second kappa shape index (κ2) is 3.46. The van der Waals surface area contributed by atoms with Crippen molar-refractivity contribution in [1.82, 2.24) is 9.55 Å². The van der Waals surface area contributed by atoms with Gasteiger partial charge in [0.15, 0.2) is 6.10 Å². The van der Waals surface area contributed by atoms with Gasteiger partial charge < -0.3 is 14.8 Å². The van der Waals surface area contributed by atoms with E-state index in [1.54, 1.807) is 0 Å². The van der Waals surface area contributed by atoms with Crippen LogP contribution >= 0.6 is 0 Å². The van der Waals surface area contributed by atoms with Gasteiger partial charge in [-0.3, -0.25) is 9.78 Å².